The van der Waals surface area contributed by atoms with Gasteiger partial charge < -0.3 is 19.5 Å². The summed E-state index contributed by atoms with van der Waals surface area (Å²) in [6.45, 7) is 4.07. The number of ether oxygens (including phenoxy) is 2. The molecule has 1 aromatic heterocycles. The predicted molar refractivity (Wildman–Crippen MR) is 68.0 cm³/mol. The third kappa shape index (κ3) is 3.02. The van der Waals surface area contributed by atoms with Crippen molar-refractivity contribution >= 4 is 17.8 Å². The first-order valence-corrected chi connectivity index (χ1v) is 6.24. The molecule has 2 rings (SSSR count). The monoisotopic (exact) mass is 281 g/mol. The highest BCUT2D eigenvalue weighted by Gasteiger charge is 2.23. The fourth-order valence-corrected chi connectivity index (χ4v) is 1.84. The summed E-state index contributed by atoms with van der Waals surface area (Å²) in [5, 5.41) is 16.8. The molecule has 108 valence electrons. The average molecular weight is 281 g/mol. The molecule has 0 aromatic carbocycles. The minimum Gasteiger partial charge on any atom is -0.478 e. The van der Waals surface area contributed by atoms with Gasteiger partial charge >= 0.3 is 11.9 Å². The van der Waals surface area contributed by atoms with Gasteiger partial charge in [-0.1, -0.05) is 0 Å². The topological polar surface area (TPSA) is 102 Å². The van der Waals surface area contributed by atoms with Crippen LogP contribution in [0, 0.1) is 0 Å². The normalized spacial score (nSPS) is 14.9. The molecule has 2 heterocycles. The summed E-state index contributed by atoms with van der Waals surface area (Å²) < 4.78 is 9.98. The van der Waals surface area contributed by atoms with Crippen molar-refractivity contribution in [2.75, 3.05) is 37.8 Å². The van der Waals surface area contributed by atoms with E-state index in [9.17, 15) is 14.7 Å². The Kier molecular flexibility index (Phi) is 4.46. The lowest BCUT2D eigenvalue weighted by atomic mass is 10.2. The molecule has 8 heteroatoms. The first-order valence-electron chi connectivity index (χ1n) is 6.24. The fourth-order valence-electron chi connectivity index (χ4n) is 1.84. The van der Waals surface area contributed by atoms with Crippen LogP contribution >= 0.6 is 0 Å². The van der Waals surface area contributed by atoms with Gasteiger partial charge in [0, 0.05) is 13.1 Å². The Hall–Kier alpha value is -2.22. The SMILES string of the molecule is CCOC(=O)c1nnc(N2CCOCC2)cc1C(=O)O. The van der Waals surface area contributed by atoms with Crippen LogP contribution in [0.1, 0.15) is 27.8 Å². The van der Waals surface area contributed by atoms with Crippen molar-refractivity contribution in [2.45, 2.75) is 6.92 Å². The van der Waals surface area contributed by atoms with Crippen LogP contribution in [-0.4, -0.2) is 60.2 Å². The molecule has 1 aliphatic heterocycles. The second kappa shape index (κ2) is 6.29. The highest BCUT2D eigenvalue weighted by atomic mass is 16.5. The lowest BCUT2D eigenvalue weighted by Crippen LogP contribution is -2.37. The van der Waals surface area contributed by atoms with E-state index in [1.54, 1.807) is 6.92 Å². The molecule has 1 aromatic rings. The Morgan fingerprint density at radius 2 is 2.10 bits per heavy atom. The Balaban J connectivity index is 2.31. The van der Waals surface area contributed by atoms with E-state index in [4.69, 9.17) is 9.47 Å². The maximum Gasteiger partial charge on any atom is 0.359 e. The van der Waals surface area contributed by atoms with Crippen molar-refractivity contribution < 1.29 is 24.2 Å². The van der Waals surface area contributed by atoms with E-state index in [2.05, 4.69) is 10.2 Å². The molecule has 1 N–H and O–H groups in total. The maximum atomic E-state index is 11.6. The molecule has 0 saturated carbocycles. The van der Waals surface area contributed by atoms with E-state index in [0.29, 0.717) is 32.1 Å². The molecule has 0 radical (unpaired) electrons. The fraction of sp³-hybridized carbons (Fsp3) is 0.500. The molecule has 1 saturated heterocycles. The van der Waals surface area contributed by atoms with Gasteiger partial charge in [-0.2, -0.15) is 0 Å². The second-order valence-electron chi connectivity index (χ2n) is 4.09. The van der Waals surface area contributed by atoms with Crippen LogP contribution in [-0.2, 0) is 9.47 Å². The van der Waals surface area contributed by atoms with Crippen LogP contribution in [0.15, 0.2) is 6.07 Å². The zero-order chi connectivity index (χ0) is 14.5. The van der Waals surface area contributed by atoms with E-state index in [0.717, 1.165) is 0 Å². The highest BCUT2D eigenvalue weighted by molar-refractivity contribution is 6.01. The van der Waals surface area contributed by atoms with Crippen molar-refractivity contribution in [3.05, 3.63) is 17.3 Å². The van der Waals surface area contributed by atoms with Gasteiger partial charge in [-0.15, -0.1) is 10.2 Å². The van der Waals surface area contributed by atoms with Crippen molar-refractivity contribution in [1.82, 2.24) is 10.2 Å². The van der Waals surface area contributed by atoms with Crippen LogP contribution < -0.4 is 4.90 Å². The van der Waals surface area contributed by atoms with Gasteiger partial charge in [0.15, 0.2) is 11.5 Å². The average Bonchev–Trinajstić information content (AvgIpc) is 2.47. The molecular weight excluding hydrogens is 266 g/mol. The second-order valence-corrected chi connectivity index (χ2v) is 4.09. The molecule has 0 bridgehead atoms. The highest BCUT2D eigenvalue weighted by Crippen LogP contribution is 2.16. The minimum absolute atomic E-state index is 0.144. The van der Waals surface area contributed by atoms with Crippen LogP contribution in [0.5, 0.6) is 0 Å². The molecule has 0 atom stereocenters. The van der Waals surface area contributed by atoms with Gasteiger partial charge in [-0.25, -0.2) is 9.59 Å². The van der Waals surface area contributed by atoms with Crippen LogP contribution in [0.3, 0.4) is 0 Å². The number of hydrogen-bond donors (Lipinski definition) is 1. The van der Waals surface area contributed by atoms with Crippen molar-refractivity contribution in [1.29, 1.82) is 0 Å². The van der Waals surface area contributed by atoms with Gasteiger partial charge in [-0.3, -0.25) is 0 Å². The summed E-state index contributed by atoms with van der Waals surface area (Å²) in [6, 6.07) is 1.34. The third-order valence-corrected chi connectivity index (χ3v) is 2.82. The summed E-state index contributed by atoms with van der Waals surface area (Å²) in [7, 11) is 0. The lowest BCUT2D eigenvalue weighted by molar-refractivity contribution is 0.0505. The number of aromatic nitrogens is 2. The Labute approximate surface area is 115 Å². The maximum absolute atomic E-state index is 11.6. The number of carbonyl (C=O) groups is 2. The molecular formula is C12H15N3O5. The van der Waals surface area contributed by atoms with E-state index < -0.39 is 11.9 Å². The zero-order valence-electron chi connectivity index (χ0n) is 11.0. The molecule has 8 nitrogen and oxygen atoms in total. The number of rotatable bonds is 4. The standard InChI is InChI=1S/C12H15N3O5/c1-2-20-12(18)10-8(11(16)17)7-9(13-14-10)15-3-5-19-6-4-15/h7H,2-6H2,1H3,(H,16,17). The first-order chi connectivity index (χ1) is 9.63. The van der Waals surface area contributed by atoms with Gasteiger partial charge in [0.2, 0.25) is 0 Å². The number of carbonyl (C=O) groups excluding carboxylic acids is 1. The molecule has 1 fully saturated rings. The largest absolute Gasteiger partial charge is 0.478 e. The zero-order valence-corrected chi connectivity index (χ0v) is 11.0. The number of hydrogen-bond acceptors (Lipinski definition) is 7. The van der Waals surface area contributed by atoms with Gasteiger partial charge in [-0.05, 0) is 13.0 Å². The summed E-state index contributed by atoms with van der Waals surface area (Å²) in [6.07, 6.45) is 0. The molecule has 0 amide bonds. The first kappa shape index (κ1) is 14.2. The Morgan fingerprint density at radius 3 is 2.70 bits per heavy atom. The number of nitrogens with zero attached hydrogens (tertiary/aromatic N) is 3. The number of anilines is 1. The van der Waals surface area contributed by atoms with Crippen LogP contribution in [0.25, 0.3) is 0 Å². The summed E-state index contributed by atoms with van der Waals surface area (Å²) >= 11 is 0. The number of aromatic carboxylic acids is 1. The molecule has 0 aliphatic carbocycles. The molecule has 0 spiro atoms. The summed E-state index contributed by atoms with van der Waals surface area (Å²) in [5.74, 6) is -1.61. The summed E-state index contributed by atoms with van der Waals surface area (Å²) in [4.78, 5) is 24.7. The lowest BCUT2D eigenvalue weighted by Gasteiger charge is -2.27. The Bertz CT molecular complexity index is 514. The van der Waals surface area contributed by atoms with Gasteiger partial charge in [0.1, 0.15) is 0 Å². The smallest absolute Gasteiger partial charge is 0.359 e. The summed E-state index contributed by atoms with van der Waals surface area (Å²) in [5.41, 5.74) is -0.490. The third-order valence-electron chi connectivity index (χ3n) is 2.82. The van der Waals surface area contributed by atoms with E-state index >= 15 is 0 Å². The van der Waals surface area contributed by atoms with E-state index in [-0.39, 0.29) is 17.9 Å². The van der Waals surface area contributed by atoms with E-state index in [1.165, 1.54) is 6.07 Å². The molecule has 1 aliphatic rings. The number of esters is 1. The number of carboxylic acid groups (broad SMARTS) is 1. The van der Waals surface area contributed by atoms with Gasteiger partial charge in [0.25, 0.3) is 0 Å². The number of morpholine rings is 1. The van der Waals surface area contributed by atoms with Crippen molar-refractivity contribution in [2.24, 2.45) is 0 Å². The number of carboxylic acids is 1. The molecule has 20 heavy (non-hydrogen) atoms. The molecule has 0 unspecified atom stereocenters. The van der Waals surface area contributed by atoms with Gasteiger partial charge in [0.05, 0.1) is 25.4 Å². The Morgan fingerprint density at radius 1 is 1.40 bits per heavy atom. The van der Waals surface area contributed by atoms with Crippen molar-refractivity contribution in [3.8, 4) is 0 Å². The van der Waals surface area contributed by atoms with Crippen LogP contribution in [0.4, 0.5) is 5.82 Å². The quantitative estimate of drug-likeness (QED) is 0.780. The van der Waals surface area contributed by atoms with Crippen molar-refractivity contribution in [3.63, 3.8) is 0 Å². The van der Waals surface area contributed by atoms with E-state index in [1.807, 2.05) is 4.90 Å². The van der Waals surface area contributed by atoms with Crippen LogP contribution in [0.2, 0.25) is 0 Å². The predicted octanol–water partition coefficient (Wildman–Crippen LogP) is 0.188. The minimum atomic E-state index is -1.24.